The fourth-order valence-electron chi connectivity index (χ4n) is 3.47. The molecule has 2 heteroatoms. The molecule has 100 valence electrons. The maximum atomic E-state index is 3.67. The number of hydrogen-bond acceptors (Lipinski definition) is 2. The van der Waals surface area contributed by atoms with E-state index in [1.165, 1.54) is 58.2 Å². The van der Waals surface area contributed by atoms with Crippen molar-refractivity contribution in [2.24, 2.45) is 5.92 Å². The van der Waals surface area contributed by atoms with E-state index in [2.05, 4.69) is 31.0 Å². The summed E-state index contributed by atoms with van der Waals surface area (Å²) in [5.74, 6) is 1.03. The lowest BCUT2D eigenvalue weighted by molar-refractivity contribution is 0.169. The lowest BCUT2D eigenvalue weighted by Crippen LogP contribution is -2.47. The minimum atomic E-state index is 0.292. The van der Waals surface area contributed by atoms with Crippen LogP contribution in [0.3, 0.4) is 0 Å². The first-order valence-corrected chi connectivity index (χ1v) is 7.56. The molecule has 2 nitrogen and oxygen atoms in total. The molecule has 0 radical (unpaired) electrons. The van der Waals surface area contributed by atoms with E-state index in [1.807, 2.05) is 0 Å². The van der Waals surface area contributed by atoms with Crippen LogP contribution in [0.2, 0.25) is 0 Å². The van der Waals surface area contributed by atoms with Gasteiger partial charge in [-0.1, -0.05) is 25.7 Å². The Balaban J connectivity index is 1.83. The monoisotopic (exact) mass is 238 g/mol. The second-order valence-electron chi connectivity index (χ2n) is 6.86. The summed E-state index contributed by atoms with van der Waals surface area (Å²) < 4.78 is 0. The zero-order valence-corrected chi connectivity index (χ0v) is 12.0. The van der Waals surface area contributed by atoms with Crippen LogP contribution in [-0.4, -0.2) is 36.1 Å². The summed E-state index contributed by atoms with van der Waals surface area (Å²) in [6, 6.07) is 0.755. The molecule has 2 aliphatic rings. The van der Waals surface area contributed by atoms with Crippen LogP contribution in [0.5, 0.6) is 0 Å². The topological polar surface area (TPSA) is 15.3 Å². The minimum Gasteiger partial charge on any atom is -0.310 e. The molecular weight excluding hydrogens is 208 g/mol. The summed E-state index contributed by atoms with van der Waals surface area (Å²) in [6.07, 6.45) is 8.67. The van der Waals surface area contributed by atoms with Gasteiger partial charge in [0.25, 0.3) is 0 Å². The molecular formula is C15H30N2. The van der Waals surface area contributed by atoms with Crippen LogP contribution in [-0.2, 0) is 0 Å². The molecule has 1 unspecified atom stereocenters. The summed E-state index contributed by atoms with van der Waals surface area (Å²) in [4.78, 5) is 2.72. The molecule has 0 aromatic rings. The van der Waals surface area contributed by atoms with Crippen molar-refractivity contribution in [2.45, 2.75) is 70.9 Å². The Hall–Kier alpha value is -0.0800. The van der Waals surface area contributed by atoms with Gasteiger partial charge in [-0.2, -0.15) is 0 Å². The van der Waals surface area contributed by atoms with E-state index in [-0.39, 0.29) is 0 Å². The van der Waals surface area contributed by atoms with Crippen molar-refractivity contribution >= 4 is 0 Å². The van der Waals surface area contributed by atoms with Crippen LogP contribution in [0.25, 0.3) is 0 Å². The van der Waals surface area contributed by atoms with Gasteiger partial charge in [0.2, 0.25) is 0 Å². The molecule has 0 spiro atoms. The van der Waals surface area contributed by atoms with Crippen molar-refractivity contribution in [3.63, 3.8) is 0 Å². The largest absolute Gasteiger partial charge is 0.310 e. The molecule has 0 bridgehead atoms. The molecule has 2 rings (SSSR count). The first kappa shape index (κ1) is 13.4. The van der Waals surface area contributed by atoms with E-state index in [0.717, 1.165) is 12.0 Å². The summed E-state index contributed by atoms with van der Waals surface area (Å²) in [6.45, 7) is 10.8. The summed E-state index contributed by atoms with van der Waals surface area (Å²) in [5.41, 5.74) is 0.292. The quantitative estimate of drug-likeness (QED) is 0.813. The first-order chi connectivity index (χ1) is 8.07. The van der Waals surface area contributed by atoms with Gasteiger partial charge < -0.3 is 5.32 Å². The molecule has 1 saturated heterocycles. The third-order valence-electron chi connectivity index (χ3n) is 4.69. The second-order valence-corrected chi connectivity index (χ2v) is 6.86. The molecule has 1 saturated carbocycles. The third kappa shape index (κ3) is 3.96. The Kier molecular flexibility index (Phi) is 4.48. The molecule has 1 aliphatic heterocycles. The first-order valence-electron chi connectivity index (χ1n) is 7.56. The van der Waals surface area contributed by atoms with E-state index >= 15 is 0 Å². The van der Waals surface area contributed by atoms with Crippen LogP contribution in [0.1, 0.15) is 59.3 Å². The maximum Gasteiger partial charge on any atom is 0.0252 e. The van der Waals surface area contributed by atoms with E-state index < -0.39 is 0 Å². The highest BCUT2D eigenvalue weighted by molar-refractivity contribution is 4.88. The van der Waals surface area contributed by atoms with Crippen molar-refractivity contribution in [3.8, 4) is 0 Å². The number of hydrogen-bond donors (Lipinski definition) is 1. The van der Waals surface area contributed by atoms with Gasteiger partial charge in [0.1, 0.15) is 0 Å². The molecule has 1 atom stereocenters. The van der Waals surface area contributed by atoms with Crippen molar-refractivity contribution < 1.29 is 0 Å². The van der Waals surface area contributed by atoms with E-state index in [9.17, 15) is 0 Å². The van der Waals surface area contributed by atoms with Gasteiger partial charge >= 0.3 is 0 Å². The summed E-state index contributed by atoms with van der Waals surface area (Å²) in [5, 5.41) is 3.67. The summed E-state index contributed by atoms with van der Waals surface area (Å²) in [7, 11) is 0. The van der Waals surface area contributed by atoms with Crippen molar-refractivity contribution in [1.82, 2.24) is 10.2 Å². The minimum absolute atomic E-state index is 0.292. The molecule has 17 heavy (non-hydrogen) atoms. The Morgan fingerprint density at radius 2 is 1.88 bits per heavy atom. The van der Waals surface area contributed by atoms with Crippen LogP contribution in [0, 0.1) is 5.92 Å². The van der Waals surface area contributed by atoms with E-state index in [4.69, 9.17) is 0 Å². The van der Waals surface area contributed by atoms with Crippen molar-refractivity contribution in [2.75, 3.05) is 19.6 Å². The predicted octanol–water partition coefficient (Wildman–Crippen LogP) is 3.03. The normalized spacial score (nSPS) is 31.6. The standard InChI is InChI=1S/C15H30N2/c1-13-8-10-16-15(2,3)12-17(13)11-9-14-6-4-5-7-14/h13-14,16H,4-12H2,1-3H3. The predicted molar refractivity (Wildman–Crippen MR) is 74.3 cm³/mol. The van der Waals surface area contributed by atoms with Gasteiger partial charge in [-0.05, 0) is 52.6 Å². The SMILES string of the molecule is CC1CCNC(C)(C)CN1CCC1CCCC1. The summed E-state index contributed by atoms with van der Waals surface area (Å²) >= 11 is 0. The molecule has 1 N–H and O–H groups in total. The Morgan fingerprint density at radius 1 is 1.18 bits per heavy atom. The van der Waals surface area contributed by atoms with Crippen LogP contribution < -0.4 is 5.32 Å². The highest BCUT2D eigenvalue weighted by Crippen LogP contribution is 2.28. The number of nitrogens with zero attached hydrogens (tertiary/aromatic N) is 1. The maximum absolute atomic E-state index is 3.67. The Morgan fingerprint density at radius 3 is 2.59 bits per heavy atom. The molecule has 0 aromatic carbocycles. The van der Waals surface area contributed by atoms with Crippen molar-refractivity contribution in [3.05, 3.63) is 0 Å². The van der Waals surface area contributed by atoms with E-state index in [1.54, 1.807) is 0 Å². The van der Waals surface area contributed by atoms with Crippen LogP contribution in [0.15, 0.2) is 0 Å². The van der Waals surface area contributed by atoms with Gasteiger partial charge in [-0.15, -0.1) is 0 Å². The second kappa shape index (κ2) is 5.71. The Bertz CT molecular complexity index is 231. The van der Waals surface area contributed by atoms with Crippen LogP contribution >= 0.6 is 0 Å². The molecule has 0 aromatic heterocycles. The number of rotatable bonds is 3. The molecule has 1 heterocycles. The van der Waals surface area contributed by atoms with Gasteiger partial charge in [0.05, 0.1) is 0 Å². The lowest BCUT2D eigenvalue weighted by atomic mass is 10.0. The highest BCUT2D eigenvalue weighted by Gasteiger charge is 2.28. The molecule has 1 aliphatic carbocycles. The number of nitrogens with one attached hydrogen (secondary N) is 1. The molecule has 2 fully saturated rings. The average Bonchev–Trinajstić information content (AvgIpc) is 2.72. The molecule has 0 amide bonds. The van der Waals surface area contributed by atoms with E-state index in [0.29, 0.717) is 5.54 Å². The zero-order chi connectivity index (χ0) is 12.3. The highest BCUT2D eigenvalue weighted by atomic mass is 15.2. The third-order valence-corrected chi connectivity index (χ3v) is 4.69. The van der Waals surface area contributed by atoms with Gasteiger partial charge in [0, 0.05) is 18.1 Å². The zero-order valence-electron chi connectivity index (χ0n) is 12.0. The van der Waals surface area contributed by atoms with Gasteiger partial charge in [-0.25, -0.2) is 0 Å². The average molecular weight is 238 g/mol. The smallest absolute Gasteiger partial charge is 0.0252 e. The van der Waals surface area contributed by atoms with Gasteiger partial charge in [-0.3, -0.25) is 4.90 Å². The van der Waals surface area contributed by atoms with Crippen molar-refractivity contribution in [1.29, 1.82) is 0 Å². The fraction of sp³-hybridized carbons (Fsp3) is 1.00. The Labute approximate surface area is 107 Å². The van der Waals surface area contributed by atoms with Crippen LogP contribution in [0.4, 0.5) is 0 Å². The van der Waals surface area contributed by atoms with Gasteiger partial charge in [0.15, 0.2) is 0 Å². The lowest BCUT2D eigenvalue weighted by Gasteiger charge is -2.33. The fourth-order valence-corrected chi connectivity index (χ4v) is 3.47.